The van der Waals surface area contributed by atoms with Gasteiger partial charge in [-0.05, 0) is 42.3 Å². The number of hydrogen-bond donors (Lipinski definition) is 2. The van der Waals surface area contributed by atoms with Gasteiger partial charge < -0.3 is 20.1 Å². The summed E-state index contributed by atoms with van der Waals surface area (Å²) < 4.78 is 11.7. The van der Waals surface area contributed by atoms with Crippen LogP contribution in [0.4, 0.5) is 5.13 Å². The van der Waals surface area contributed by atoms with Crippen LogP contribution in [0.15, 0.2) is 36.4 Å². The van der Waals surface area contributed by atoms with Crippen molar-refractivity contribution in [3.05, 3.63) is 47.5 Å². The summed E-state index contributed by atoms with van der Waals surface area (Å²) in [6.45, 7) is 3.63. The molecule has 0 spiro atoms. The van der Waals surface area contributed by atoms with E-state index in [2.05, 4.69) is 15.6 Å². The SMILES string of the molecule is CCCNC(=O)c1ccc2nc(NCc3ccc4c(c3)OCO4)sc2c1. The van der Waals surface area contributed by atoms with Crippen LogP contribution in [0.1, 0.15) is 29.3 Å². The molecule has 0 saturated carbocycles. The number of rotatable bonds is 6. The summed E-state index contributed by atoms with van der Waals surface area (Å²) in [5, 5.41) is 7.05. The molecule has 26 heavy (non-hydrogen) atoms. The van der Waals surface area contributed by atoms with Crippen molar-refractivity contribution in [3.8, 4) is 11.5 Å². The maximum Gasteiger partial charge on any atom is 0.251 e. The van der Waals surface area contributed by atoms with E-state index in [1.165, 1.54) is 11.3 Å². The second-order valence-electron chi connectivity index (χ2n) is 6.00. The predicted octanol–water partition coefficient (Wildman–Crippen LogP) is 3.78. The van der Waals surface area contributed by atoms with E-state index in [1.54, 1.807) is 0 Å². The Morgan fingerprint density at radius 3 is 2.96 bits per heavy atom. The monoisotopic (exact) mass is 369 g/mol. The Morgan fingerprint density at radius 1 is 1.19 bits per heavy atom. The Labute approximate surface area is 155 Å². The lowest BCUT2D eigenvalue weighted by Crippen LogP contribution is -2.23. The smallest absolute Gasteiger partial charge is 0.251 e. The van der Waals surface area contributed by atoms with Crippen molar-refractivity contribution >= 4 is 32.6 Å². The number of nitrogens with zero attached hydrogens (tertiary/aromatic N) is 1. The van der Waals surface area contributed by atoms with E-state index in [4.69, 9.17) is 9.47 Å². The number of anilines is 1. The number of carbonyl (C=O) groups is 1. The maximum atomic E-state index is 12.1. The highest BCUT2D eigenvalue weighted by atomic mass is 32.1. The van der Waals surface area contributed by atoms with Crippen molar-refractivity contribution in [1.29, 1.82) is 0 Å². The van der Waals surface area contributed by atoms with Crippen molar-refractivity contribution < 1.29 is 14.3 Å². The maximum absolute atomic E-state index is 12.1. The van der Waals surface area contributed by atoms with Gasteiger partial charge in [0.15, 0.2) is 16.6 Å². The number of amides is 1. The first-order chi connectivity index (χ1) is 12.7. The topological polar surface area (TPSA) is 72.5 Å². The van der Waals surface area contributed by atoms with Crippen LogP contribution in [0.3, 0.4) is 0 Å². The molecule has 0 unspecified atom stereocenters. The standard InChI is InChI=1S/C19H19N3O3S/c1-2-7-20-18(23)13-4-5-14-17(9-13)26-19(22-14)21-10-12-3-6-15-16(8-12)25-11-24-15/h3-6,8-9H,2,7,10-11H2,1H3,(H,20,23)(H,21,22). The van der Waals surface area contributed by atoms with E-state index in [1.807, 2.05) is 43.3 Å². The summed E-state index contributed by atoms with van der Waals surface area (Å²) in [4.78, 5) is 16.7. The first-order valence-corrected chi connectivity index (χ1v) is 9.36. The molecule has 0 bridgehead atoms. The highest BCUT2D eigenvalue weighted by molar-refractivity contribution is 7.22. The van der Waals surface area contributed by atoms with Gasteiger partial charge in [-0.15, -0.1) is 0 Å². The quantitative estimate of drug-likeness (QED) is 0.692. The molecular weight excluding hydrogens is 350 g/mol. The van der Waals surface area contributed by atoms with E-state index in [0.29, 0.717) is 18.7 Å². The fourth-order valence-corrected chi connectivity index (χ4v) is 3.61. The molecule has 1 aliphatic heterocycles. The van der Waals surface area contributed by atoms with E-state index in [-0.39, 0.29) is 12.7 Å². The van der Waals surface area contributed by atoms with Gasteiger partial charge in [-0.3, -0.25) is 4.79 Å². The molecule has 2 heterocycles. The van der Waals surface area contributed by atoms with E-state index in [0.717, 1.165) is 38.8 Å². The number of fused-ring (bicyclic) bond motifs is 2. The minimum atomic E-state index is -0.0444. The fraction of sp³-hybridized carbons (Fsp3) is 0.263. The summed E-state index contributed by atoms with van der Waals surface area (Å²) in [6, 6.07) is 11.5. The van der Waals surface area contributed by atoms with Gasteiger partial charge in [0.25, 0.3) is 5.91 Å². The third kappa shape index (κ3) is 3.43. The third-order valence-corrected chi connectivity index (χ3v) is 5.04. The largest absolute Gasteiger partial charge is 0.454 e. The van der Waals surface area contributed by atoms with Gasteiger partial charge in [0, 0.05) is 18.7 Å². The Bertz CT molecular complexity index is 954. The Morgan fingerprint density at radius 2 is 2.08 bits per heavy atom. The molecule has 1 aliphatic rings. The first kappa shape index (κ1) is 16.7. The van der Waals surface area contributed by atoms with Gasteiger partial charge in [-0.25, -0.2) is 4.98 Å². The van der Waals surface area contributed by atoms with E-state index < -0.39 is 0 Å². The summed E-state index contributed by atoms with van der Waals surface area (Å²) in [5.74, 6) is 1.51. The molecule has 0 radical (unpaired) electrons. The number of thiazole rings is 1. The summed E-state index contributed by atoms with van der Waals surface area (Å²) in [6.07, 6.45) is 0.919. The molecular formula is C19H19N3O3S. The fourth-order valence-electron chi connectivity index (χ4n) is 2.71. The van der Waals surface area contributed by atoms with Crippen LogP contribution in [0.2, 0.25) is 0 Å². The Kier molecular flexibility index (Phi) is 4.62. The van der Waals surface area contributed by atoms with Gasteiger partial charge in [-0.2, -0.15) is 0 Å². The van der Waals surface area contributed by atoms with Crippen LogP contribution in [0.25, 0.3) is 10.2 Å². The predicted molar refractivity (Wildman–Crippen MR) is 102 cm³/mol. The first-order valence-electron chi connectivity index (χ1n) is 8.54. The average molecular weight is 369 g/mol. The number of aromatic nitrogens is 1. The van der Waals surface area contributed by atoms with Gasteiger partial charge in [-0.1, -0.05) is 24.3 Å². The average Bonchev–Trinajstić information content (AvgIpc) is 3.29. The lowest BCUT2D eigenvalue weighted by molar-refractivity contribution is 0.0954. The molecule has 4 rings (SSSR count). The highest BCUT2D eigenvalue weighted by Crippen LogP contribution is 2.33. The van der Waals surface area contributed by atoms with Crippen LogP contribution in [-0.4, -0.2) is 24.2 Å². The molecule has 2 aromatic carbocycles. The van der Waals surface area contributed by atoms with E-state index in [9.17, 15) is 4.79 Å². The number of benzene rings is 2. The number of hydrogen-bond acceptors (Lipinski definition) is 6. The molecule has 1 amide bonds. The zero-order valence-corrected chi connectivity index (χ0v) is 15.2. The Hall–Kier alpha value is -2.80. The van der Waals surface area contributed by atoms with Gasteiger partial charge in [0.2, 0.25) is 6.79 Å². The van der Waals surface area contributed by atoms with Crippen LogP contribution in [0, 0.1) is 0 Å². The van der Waals surface area contributed by atoms with Gasteiger partial charge >= 0.3 is 0 Å². The molecule has 0 aliphatic carbocycles. The molecule has 134 valence electrons. The minimum absolute atomic E-state index is 0.0444. The van der Waals surface area contributed by atoms with Gasteiger partial charge in [0.05, 0.1) is 10.2 Å². The molecule has 3 aromatic rings. The van der Waals surface area contributed by atoms with Crippen LogP contribution in [-0.2, 0) is 6.54 Å². The molecule has 0 fully saturated rings. The van der Waals surface area contributed by atoms with Crippen molar-refractivity contribution in [2.45, 2.75) is 19.9 Å². The number of ether oxygens (including phenoxy) is 2. The molecule has 0 saturated heterocycles. The lowest BCUT2D eigenvalue weighted by atomic mass is 10.2. The van der Waals surface area contributed by atoms with Gasteiger partial charge in [0.1, 0.15) is 0 Å². The molecule has 6 nitrogen and oxygen atoms in total. The normalized spacial score (nSPS) is 12.3. The second kappa shape index (κ2) is 7.21. The van der Waals surface area contributed by atoms with Crippen molar-refractivity contribution in [3.63, 3.8) is 0 Å². The zero-order valence-electron chi connectivity index (χ0n) is 14.4. The number of nitrogens with one attached hydrogen (secondary N) is 2. The summed E-state index contributed by atoms with van der Waals surface area (Å²) in [5.41, 5.74) is 2.64. The highest BCUT2D eigenvalue weighted by Gasteiger charge is 2.13. The molecule has 0 atom stereocenters. The Balaban J connectivity index is 1.46. The molecule has 7 heteroatoms. The van der Waals surface area contributed by atoms with Crippen LogP contribution < -0.4 is 20.1 Å². The lowest BCUT2D eigenvalue weighted by Gasteiger charge is -2.04. The van der Waals surface area contributed by atoms with E-state index >= 15 is 0 Å². The minimum Gasteiger partial charge on any atom is -0.454 e. The molecule has 1 aromatic heterocycles. The van der Waals surface area contributed by atoms with Crippen LogP contribution >= 0.6 is 11.3 Å². The van der Waals surface area contributed by atoms with Crippen LogP contribution in [0.5, 0.6) is 11.5 Å². The zero-order chi connectivity index (χ0) is 17.9. The second-order valence-corrected chi connectivity index (χ2v) is 7.03. The van der Waals surface area contributed by atoms with Crippen molar-refractivity contribution in [2.75, 3.05) is 18.7 Å². The van der Waals surface area contributed by atoms with Crippen molar-refractivity contribution in [2.24, 2.45) is 0 Å². The third-order valence-electron chi connectivity index (χ3n) is 4.07. The summed E-state index contributed by atoms with van der Waals surface area (Å²) >= 11 is 1.54. The molecule has 2 N–H and O–H groups in total. The van der Waals surface area contributed by atoms with Crippen molar-refractivity contribution in [1.82, 2.24) is 10.3 Å². The summed E-state index contributed by atoms with van der Waals surface area (Å²) in [7, 11) is 0. The number of carbonyl (C=O) groups excluding carboxylic acids is 1.